The van der Waals surface area contributed by atoms with Gasteiger partial charge in [0.05, 0.1) is 12.5 Å². The van der Waals surface area contributed by atoms with Crippen LogP contribution in [0, 0.1) is 18.3 Å². The van der Waals surface area contributed by atoms with Crippen LogP contribution in [0.2, 0.25) is 0 Å². The minimum atomic E-state index is 0.392. The molecule has 70 valence electrons. The fraction of sp³-hybridized carbons (Fsp3) is 0.182. The summed E-state index contributed by atoms with van der Waals surface area (Å²) in [5, 5.41) is 12.0. The van der Waals surface area contributed by atoms with Gasteiger partial charge in [0, 0.05) is 16.0 Å². The van der Waals surface area contributed by atoms with Crippen molar-refractivity contribution in [3.8, 4) is 6.07 Å². The Kier molecular flexibility index (Phi) is 2.14. The molecule has 1 heterocycles. The molecule has 2 nitrogen and oxygen atoms in total. The van der Waals surface area contributed by atoms with Gasteiger partial charge in [-0.3, -0.25) is 0 Å². The Morgan fingerprint density at radius 3 is 3.00 bits per heavy atom. The fourth-order valence-electron chi connectivity index (χ4n) is 1.56. The third kappa shape index (κ3) is 1.24. The molecular weight excluding hydrogens is 192 g/mol. The van der Waals surface area contributed by atoms with Crippen LogP contribution in [0.15, 0.2) is 17.5 Å². The van der Waals surface area contributed by atoms with Gasteiger partial charge in [0.1, 0.15) is 0 Å². The van der Waals surface area contributed by atoms with E-state index < -0.39 is 0 Å². The lowest BCUT2D eigenvalue weighted by atomic mass is 10.1. The maximum absolute atomic E-state index is 8.71. The Bertz CT molecular complexity index is 520. The molecule has 1 aromatic heterocycles. The van der Waals surface area contributed by atoms with Crippen molar-refractivity contribution in [2.24, 2.45) is 0 Å². The maximum Gasteiger partial charge on any atom is 0.0671 e. The molecule has 0 aliphatic rings. The summed E-state index contributed by atoms with van der Waals surface area (Å²) >= 11 is 1.66. The molecule has 2 rings (SSSR count). The molecule has 0 unspecified atom stereocenters. The largest absolute Gasteiger partial charge is 0.398 e. The smallest absolute Gasteiger partial charge is 0.0671 e. The lowest BCUT2D eigenvalue weighted by Crippen LogP contribution is -1.93. The first-order valence-electron chi connectivity index (χ1n) is 4.36. The van der Waals surface area contributed by atoms with Gasteiger partial charge in [-0.05, 0) is 29.3 Å². The highest BCUT2D eigenvalue weighted by atomic mass is 32.1. The number of fused-ring (bicyclic) bond motifs is 1. The first-order chi connectivity index (χ1) is 6.74. The molecule has 0 spiro atoms. The molecule has 0 fully saturated rings. The van der Waals surface area contributed by atoms with Crippen LogP contribution in [0.25, 0.3) is 10.1 Å². The van der Waals surface area contributed by atoms with Gasteiger partial charge in [-0.2, -0.15) is 5.26 Å². The molecule has 0 atom stereocenters. The Hall–Kier alpha value is -1.53. The fourth-order valence-corrected chi connectivity index (χ4v) is 2.67. The van der Waals surface area contributed by atoms with Gasteiger partial charge < -0.3 is 5.73 Å². The summed E-state index contributed by atoms with van der Waals surface area (Å²) in [5.74, 6) is 0. The minimum Gasteiger partial charge on any atom is -0.398 e. The number of nitrogens with two attached hydrogens (primary N) is 1. The first kappa shape index (κ1) is 9.04. The van der Waals surface area contributed by atoms with Gasteiger partial charge in [-0.1, -0.05) is 6.07 Å². The topological polar surface area (TPSA) is 49.8 Å². The Morgan fingerprint density at radius 2 is 2.29 bits per heavy atom. The molecule has 2 N–H and O–H groups in total. The highest BCUT2D eigenvalue weighted by Crippen LogP contribution is 2.32. The third-order valence-electron chi connectivity index (χ3n) is 2.33. The molecule has 0 amide bonds. The average molecular weight is 202 g/mol. The maximum atomic E-state index is 8.71. The van der Waals surface area contributed by atoms with Crippen molar-refractivity contribution in [2.45, 2.75) is 13.3 Å². The van der Waals surface area contributed by atoms with E-state index in [1.807, 2.05) is 12.1 Å². The van der Waals surface area contributed by atoms with Crippen molar-refractivity contribution in [1.82, 2.24) is 0 Å². The van der Waals surface area contributed by atoms with E-state index in [1.165, 1.54) is 10.9 Å². The van der Waals surface area contributed by atoms with Gasteiger partial charge in [0.15, 0.2) is 0 Å². The van der Waals surface area contributed by atoms with Crippen molar-refractivity contribution >= 4 is 27.1 Å². The SMILES string of the molecule is Cc1csc2c(CC#N)c(N)ccc12. The molecule has 2 aromatic rings. The van der Waals surface area contributed by atoms with Gasteiger partial charge in [0.25, 0.3) is 0 Å². The normalized spacial score (nSPS) is 10.3. The second-order valence-electron chi connectivity index (χ2n) is 3.26. The summed E-state index contributed by atoms with van der Waals surface area (Å²) in [7, 11) is 0. The Labute approximate surface area is 86.6 Å². The van der Waals surface area contributed by atoms with Crippen LogP contribution < -0.4 is 5.73 Å². The Morgan fingerprint density at radius 1 is 1.50 bits per heavy atom. The number of nitrogens with zero attached hydrogens (tertiary/aromatic N) is 1. The lowest BCUT2D eigenvalue weighted by Gasteiger charge is -2.02. The van der Waals surface area contributed by atoms with E-state index in [0.29, 0.717) is 6.42 Å². The minimum absolute atomic E-state index is 0.392. The predicted octanol–water partition coefficient (Wildman–Crippen LogP) is 2.86. The molecule has 0 aliphatic heterocycles. The van der Waals surface area contributed by atoms with E-state index in [0.717, 1.165) is 16.0 Å². The van der Waals surface area contributed by atoms with E-state index in [1.54, 1.807) is 11.3 Å². The van der Waals surface area contributed by atoms with Crippen molar-refractivity contribution < 1.29 is 0 Å². The van der Waals surface area contributed by atoms with E-state index in [9.17, 15) is 0 Å². The number of aryl methyl sites for hydroxylation is 1. The number of nitriles is 1. The summed E-state index contributed by atoms with van der Waals surface area (Å²) in [5.41, 5.74) is 8.79. The number of hydrogen-bond donors (Lipinski definition) is 1. The molecule has 3 heteroatoms. The molecule has 0 radical (unpaired) electrons. The van der Waals surface area contributed by atoms with Crippen LogP contribution in [0.3, 0.4) is 0 Å². The van der Waals surface area contributed by atoms with Crippen molar-refractivity contribution in [1.29, 1.82) is 5.26 Å². The van der Waals surface area contributed by atoms with Crippen LogP contribution in [0.1, 0.15) is 11.1 Å². The van der Waals surface area contributed by atoms with E-state index >= 15 is 0 Å². The number of anilines is 1. The number of hydrogen-bond acceptors (Lipinski definition) is 3. The van der Waals surface area contributed by atoms with Gasteiger partial charge in [-0.15, -0.1) is 11.3 Å². The van der Waals surface area contributed by atoms with Crippen molar-refractivity contribution in [2.75, 3.05) is 5.73 Å². The number of nitrogen functional groups attached to an aromatic ring is 1. The molecule has 0 saturated heterocycles. The van der Waals surface area contributed by atoms with E-state index in [2.05, 4.69) is 18.4 Å². The summed E-state index contributed by atoms with van der Waals surface area (Å²) < 4.78 is 1.16. The van der Waals surface area contributed by atoms with Gasteiger partial charge in [-0.25, -0.2) is 0 Å². The average Bonchev–Trinajstić information content (AvgIpc) is 2.53. The molecular formula is C11H10N2S. The molecule has 0 aliphatic carbocycles. The quantitative estimate of drug-likeness (QED) is 0.723. The van der Waals surface area contributed by atoms with E-state index in [4.69, 9.17) is 11.0 Å². The third-order valence-corrected chi connectivity index (χ3v) is 3.50. The number of rotatable bonds is 1. The Balaban J connectivity index is 2.78. The summed E-state index contributed by atoms with van der Waals surface area (Å²) in [6, 6.07) is 6.06. The summed E-state index contributed by atoms with van der Waals surface area (Å²) in [6.45, 7) is 2.07. The lowest BCUT2D eigenvalue weighted by molar-refractivity contribution is 1.30. The van der Waals surface area contributed by atoms with Crippen LogP contribution in [-0.4, -0.2) is 0 Å². The first-order valence-corrected chi connectivity index (χ1v) is 5.24. The number of benzene rings is 1. The molecule has 14 heavy (non-hydrogen) atoms. The van der Waals surface area contributed by atoms with E-state index in [-0.39, 0.29) is 0 Å². The van der Waals surface area contributed by atoms with Crippen molar-refractivity contribution in [3.05, 3.63) is 28.6 Å². The van der Waals surface area contributed by atoms with Crippen LogP contribution in [0.4, 0.5) is 5.69 Å². The molecule has 1 aromatic carbocycles. The predicted molar refractivity (Wildman–Crippen MR) is 60.3 cm³/mol. The zero-order chi connectivity index (χ0) is 10.1. The van der Waals surface area contributed by atoms with Gasteiger partial charge in [0.2, 0.25) is 0 Å². The highest BCUT2D eigenvalue weighted by Gasteiger charge is 2.08. The van der Waals surface area contributed by atoms with Gasteiger partial charge >= 0.3 is 0 Å². The second-order valence-corrected chi connectivity index (χ2v) is 4.14. The zero-order valence-corrected chi connectivity index (χ0v) is 8.69. The second kappa shape index (κ2) is 3.32. The summed E-state index contributed by atoms with van der Waals surface area (Å²) in [4.78, 5) is 0. The zero-order valence-electron chi connectivity index (χ0n) is 7.87. The highest BCUT2D eigenvalue weighted by molar-refractivity contribution is 7.17. The summed E-state index contributed by atoms with van der Waals surface area (Å²) in [6.07, 6.45) is 0.392. The number of thiophene rings is 1. The van der Waals surface area contributed by atoms with Crippen LogP contribution in [-0.2, 0) is 6.42 Å². The monoisotopic (exact) mass is 202 g/mol. The molecule has 0 bridgehead atoms. The molecule has 0 saturated carbocycles. The van der Waals surface area contributed by atoms with Crippen LogP contribution >= 0.6 is 11.3 Å². The standard InChI is InChI=1S/C11H10N2S/c1-7-6-14-11-8(7)2-3-10(13)9(11)4-5-12/h2-3,6H,4,13H2,1H3. The van der Waals surface area contributed by atoms with Crippen LogP contribution in [0.5, 0.6) is 0 Å². The van der Waals surface area contributed by atoms with Crippen molar-refractivity contribution in [3.63, 3.8) is 0 Å².